The number of carbonyl (C=O) groups excluding carboxylic acids is 1. The Labute approximate surface area is 49.6 Å². The molecule has 0 heterocycles. The fourth-order valence-corrected chi connectivity index (χ4v) is 0.371. The van der Waals surface area contributed by atoms with Gasteiger partial charge in [0.1, 0.15) is 0 Å². The maximum absolute atomic E-state index is 4.72. The summed E-state index contributed by atoms with van der Waals surface area (Å²) in [5.41, 5.74) is 0. The van der Waals surface area contributed by atoms with Crippen LogP contribution in [0.25, 0.3) is 0 Å². The quantitative estimate of drug-likeness (QED) is 0.337. The van der Waals surface area contributed by atoms with Crippen LogP contribution in [0.4, 0.5) is 4.42 Å². The highest BCUT2D eigenvalue weighted by molar-refractivity contribution is 5.67. The van der Waals surface area contributed by atoms with E-state index in [1.165, 1.54) is 7.11 Å². The molecule has 0 fully saturated rings. The number of methoxy groups -OCH3 is 1. The minimum absolute atomic E-state index is 0.407. The molecule has 0 aliphatic heterocycles. The molecule has 3 heteroatoms. The van der Waals surface area contributed by atoms with E-state index in [0.29, 0.717) is 6.09 Å². The van der Waals surface area contributed by atoms with Crippen molar-refractivity contribution >= 4 is 6.09 Å². The molecular weight excluding hydrogens is 106 g/mol. The van der Waals surface area contributed by atoms with Crippen molar-refractivity contribution in [1.29, 1.82) is 0 Å². The van der Waals surface area contributed by atoms with Crippen LogP contribution in [-0.4, -0.2) is 32.2 Å². The normalized spacial score (nSPS) is 11.1. The van der Waals surface area contributed by atoms with Gasteiger partial charge in [-0.3, -0.25) is 0 Å². The van der Waals surface area contributed by atoms with E-state index in [0.717, 1.165) is 0 Å². The van der Waals surface area contributed by atoms with E-state index in [1.807, 2.05) is 14.1 Å². The Kier molecular flexibility index (Phi) is 2.84. The maximum atomic E-state index is 4.72. The Morgan fingerprint density at radius 3 is 2.12 bits per heavy atom. The van der Waals surface area contributed by atoms with Crippen molar-refractivity contribution < 1.29 is 9.16 Å². The molecule has 0 radical (unpaired) electrons. The van der Waals surface area contributed by atoms with Crippen LogP contribution in [0.2, 0.25) is 0 Å². The number of nitrogens with zero attached hydrogens (tertiary/aromatic N) is 1. The summed E-state index contributed by atoms with van der Waals surface area (Å²) >= 11 is 0. The van der Waals surface area contributed by atoms with Crippen molar-refractivity contribution in [1.82, 2.24) is 4.90 Å². The van der Waals surface area contributed by atoms with Gasteiger partial charge in [-0.25, -0.2) is 0 Å². The third-order valence-electron chi connectivity index (χ3n) is 0.663. The number of ether oxygens (including phenoxy) is 1. The van der Waals surface area contributed by atoms with Gasteiger partial charge in [0.05, 0.1) is 0 Å². The molecule has 0 spiro atoms. The lowest BCUT2D eigenvalue weighted by molar-refractivity contribution is -0.0771. The molecule has 0 aliphatic rings. The molecular formula is C5H11NO2. The maximum Gasteiger partial charge on any atom is 0.451 e. The summed E-state index contributed by atoms with van der Waals surface area (Å²) in [6, 6.07) is 0. The van der Waals surface area contributed by atoms with Crippen LogP contribution in [0.3, 0.4) is 0 Å². The molecule has 48 valence electrons. The lowest BCUT2D eigenvalue weighted by Gasteiger charge is -2.08. The van der Waals surface area contributed by atoms with Crippen molar-refractivity contribution in [2.24, 2.45) is 0 Å². The summed E-state index contributed by atoms with van der Waals surface area (Å²) in [5.74, 6) is 0. The lowest BCUT2D eigenvalue weighted by atomic mass is 10.9. The second kappa shape index (κ2) is 3.18. The Bertz CT molecular complexity index is 88.4. The molecule has 0 saturated heterocycles. The van der Waals surface area contributed by atoms with Gasteiger partial charge in [0.25, 0.3) is 0 Å². The average molecular weight is 117 g/mol. The van der Waals surface area contributed by atoms with Crippen LogP contribution in [0.5, 0.6) is 0 Å². The first-order chi connectivity index (χ1) is 3.72. The summed E-state index contributed by atoms with van der Waals surface area (Å²) in [6.45, 7) is 0. The Morgan fingerprint density at radius 2 is 2.12 bits per heavy atom. The highest BCUT2D eigenvalue weighted by atomic mass is 16.6. The van der Waals surface area contributed by atoms with E-state index < -0.39 is 0 Å². The van der Waals surface area contributed by atoms with Crippen molar-refractivity contribution in [3.05, 3.63) is 7.11 Å². The van der Waals surface area contributed by atoms with Gasteiger partial charge in [-0.1, -0.05) is 0 Å². The van der Waals surface area contributed by atoms with E-state index in [4.69, 9.17) is 4.74 Å². The second-order valence-corrected chi connectivity index (χ2v) is 1.51. The van der Waals surface area contributed by atoms with Gasteiger partial charge in [-0.15, -0.1) is 0 Å². The highest BCUT2D eigenvalue weighted by Crippen LogP contribution is 1.86. The van der Waals surface area contributed by atoms with Gasteiger partial charge in [-0.2, -0.15) is 0 Å². The number of rotatable bonds is 0. The zero-order valence-corrected chi connectivity index (χ0v) is 5.47. The van der Waals surface area contributed by atoms with Crippen molar-refractivity contribution in [2.45, 2.75) is 0 Å². The van der Waals surface area contributed by atoms with Crippen LogP contribution in [-0.2, 0) is 4.74 Å². The van der Waals surface area contributed by atoms with Crippen LogP contribution < -0.4 is 0 Å². The van der Waals surface area contributed by atoms with Gasteiger partial charge >= 0.3 is 6.09 Å². The predicted molar refractivity (Wildman–Crippen MR) is 31.4 cm³/mol. The summed E-state index contributed by atoms with van der Waals surface area (Å²) < 4.78 is 9.25. The topological polar surface area (TPSA) is 23.8 Å². The summed E-state index contributed by atoms with van der Waals surface area (Å²) in [7, 11) is 8.32. The first kappa shape index (κ1) is 7.14. The average Bonchev–Trinajstić information content (AvgIpc) is 1.69. The Balaban J connectivity index is 3.72. The van der Waals surface area contributed by atoms with Gasteiger partial charge < -0.3 is 14.1 Å². The van der Waals surface area contributed by atoms with Crippen molar-refractivity contribution in [3.8, 4) is 0 Å². The number of hydrogen-bond donors (Lipinski definition) is 0. The van der Waals surface area contributed by atoms with E-state index in [1.54, 1.807) is 4.90 Å². The molecule has 0 aromatic heterocycles. The van der Waals surface area contributed by atoms with Crippen LogP contribution >= 0.6 is 0 Å². The molecule has 0 aromatic rings. The summed E-state index contributed by atoms with van der Waals surface area (Å²) in [4.78, 5) is 1.69. The molecule has 8 heavy (non-hydrogen) atoms. The molecule has 0 unspecified atom stereocenters. The summed E-state index contributed by atoms with van der Waals surface area (Å²) in [6.07, 6.45) is 0.407. The zero-order chi connectivity index (χ0) is 6.57. The van der Waals surface area contributed by atoms with Crippen molar-refractivity contribution in [2.75, 3.05) is 21.2 Å². The molecule has 0 aromatic carbocycles. The van der Waals surface area contributed by atoms with Gasteiger partial charge in [-0.05, 0) is 14.1 Å². The van der Waals surface area contributed by atoms with Gasteiger partial charge in [0, 0.05) is 7.11 Å². The smallest absolute Gasteiger partial charge is 0.451 e. The lowest BCUT2D eigenvalue weighted by Crippen LogP contribution is -2.21. The standard InChI is InChI=1S/C5H11NO2/c1-6(2)5(7-3)8-4/h3H2,1-2,4H3. The molecule has 0 saturated carbocycles. The van der Waals surface area contributed by atoms with E-state index in [2.05, 4.69) is 11.5 Å². The van der Waals surface area contributed by atoms with E-state index >= 15 is 0 Å². The minimum atomic E-state index is 0.407. The number of amides is 1. The summed E-state index contributed by atoms with van der Waals surface area (Å²) in [5, 5.41) is 0. The monoisotopic (exact) mass is 117 g/mol. The third kappa shape index (κ3) is 1.73. The predicted octanol–water partition coefficient (Wildman–Crippen LogP) is 0.642. The SMILES string of the molecule is [CH2-]/[O+]=C(\OC)N(C)C. The molecule has 0 bridgehead atoms. The molecule has 0 aliphatic carbocycles. The molecule has 0 rings (SSSR count). The molecule has 1 amide bonds. The molecule has 3 nitrogen and oxygen atoms in total. The number of hydrogen-bond acceptors (Lipinski definition) is 1. The Morgan fingerprint density at radius 1 is 1.62 bits per heavy atom. The fourth-order valence-electron chi connectivity index (χ4n) is 0.371. The largest absolute Gasteiger partial charge is 0.452 e. The highest BCUT2D eigenvalue weighted by Gasteiger charge is 2.00. The van der Waals surface area contributed by atoms with Gasteiger partial charge in [0.2, 0.25) is 0 Å². The van der Waals surface area contributed by atoms with E-state index in [-0.39, 0.29) is 0 Å². The van der Waals surface area contributed by atoms with Crippen molar-refractivity contribution in [3.63, 3.8) is 0 Å². The van der Waals surface area contributed by atoms with Gasteiger partial charge in [0.15, 0.2) is 7.11 Å². The Hall–Kier alpha value is -0.860. The first-order valence-corrected chi connectivity index (χ1v) is 2.22. The molecule has 0 atom stereocenters. The zero-order valence-electron chi connectivity index (χ0n) is 5.47. The fraction of sp³-hybridized carbons (Fsp3) is 0.600. The van der Waals surface area contributed by atoms with E-state index in [9.17, 15) is 0 Å². The third-order valence-corrected chi connectivity index (χ3v) is 0.663. The van der Waals surface area contributed by atoms with Crippen LogP contribution in [0.15, 0.2) is 0 Å². The molecule has 0 N–H and O–H groups in total. The minimum Gasteiger partial charge on any atom is -0.452 e. The first-order valence-electron chi connectivity index (χ1n) is 2.22. The second-order valence-electron chi connectivity index (χ2n) is 1.51. The van der Waals surface area contributed by atoms with Crippen LogP contribution in [0, 0.1) is 7.11 Å². The van der Waals surface area contributed by atoms with Crippen LogP contribution in [0.1, 0.15) is 0 Å².